The van der Waals surface area contributed by atoms with Crippen molar-refractivity contribution in [2.24, 2.45) is 5.11 Å². The van der Waals surface area contributed by atoms with Crippen molar-refractivity contribution in [2.45, 2.75) is 19.3 Å². The first-order valence-electron chi connectivity index (χ1n) is 5.85. The van der Waals surface area contributed by atoms with E-state index in [2.05, 4.69) is 15.3 Å². The Bertz CT molecular complexity index is 487. The second-order valence-corrected chi connectivity index (χ2v) is 3.90. The van der Waals surface area contributed by atoms with Crippen molar-refractivity contribution >= 4 is 5.91 Å². The van der Waals surface area contributed by atoms with E-state index in [4.69, 9.17) is 5.53 Å². The Hall–Kier alpha value is -2.14. The molecule has 0 radical (unpaired) electrons. The first-order chi connectivity index (χ1) is 9.15. The summed E-state index contributed by atoms with van der Waals surface area (Å²) in [6.45, 7) is 0.793. The van der Waals surface area contributed by atoms with Crippen LogP contribution in [0, 0.1) is 11.6 Å². The average molecular weight is 268 g/mol. The number of benzene rings is 1. The largest absolute Gasteiger partial charge is 0.356 e. The molecular formula is C12H14F2N4O. The third-order valence-corrected chi connectivity index (χ3v) is 2.45. The van der Waals surface area contributed by atoms with Crippen LogP contribution in [-0.4, -0.2) is 19.0 Å². The minimum absolute atomic E-state index is 0.0339. The molecule has 0 heterocycles. The smallest absolute Gasteiger partial charge is 0.224 e. The fourth-order valence-corrected chi connectivity index (χ4v) is 1.50. The lowest BCUT2D eigenvalue weighted by molar-refractivity contribution is -0.120. The fraction of sp³-hybridized carbons (Fsp3) is 0.417. The number of carbonyl (C=O) groups excluding carboxylic acids is 1. The lowest BCUT2D eigenvalue weighted by Crippen LogP contribution is -2.26. The number of amides is 1. The molecule has 102 valence electrons. The van der Waals surface area contributed by atoms with Crippen LogP contribution >= 0.6 is 0 Å². The molecule has 0 aliphatic rings. The lowest BCUT2D eigenvalue weighted by atomic mass is 10.1. The third kappa shape index (κ3) is 5.35. The van der Waals surface area contributed by atoms with Gasteiger partial charge in [0.1, 0.15) is 0 Å². The summed E-state index contributed by atoms with van der Waals surface area (Å²) in [6.07, 6.45) is 1.13. The minimum atomic E-state index is -0.985. The van der Waals surface area contributed by atoms with Crippen LogP contribution in [0.2, 0.25) is 0 Å². The molecule has 1 aromatic carbocycles. The maximum Gasteiger partial charge on any atom is 0.224 e. The average Bonchev–Trinajstić information content (AvgIpc) is 2.39. The molecule has 0 aliphatic heterocycles. The van der Waals surface area contributed by atoms with Gasteiger partial charge in [0.25, 0.3) is 0 Å². The van der Waals surface area contributed by atoms with E-state index in [-0.39, 0.29) is 17.9 Å². The van der Waals surface area contributed by atoms with Gasteiger partial charge in [0, 0.05) is 23.6 Å². The molecule has 0 unspecified atom stereocenters. The SMILES string of the molecule is [N-]=[N+]=NCCCCNC(=O)Cc1cccc(F)c1F. The molecule has 0 atom stereocenters. The molecule has 1 rings (SSSR count). The molecule has 7 heteroatoms. The second-order valence-electron chi connectivity index (χ2n) is 3.90. The number of hydrogen-bond donors (Lipinski definition) is 1. The van der Waals surface area contributed by atoms with E-state index in [0.717, 1.165) is 6.07 Å². The Morgan fingerprint density at radius 1 is 1.37 bits per heavy atom. The normalized spacial score (nSPS) is 9.79. The predicted octanol–water partition coefficient (Wildman–Crippen LogP) is 2.71. The first-order valence-corrected chi connectivity index (χ1v) is 5.85. The maximum absolute atomic E-state index is 13.3. The van der Waals surface area contributed by atoms with Gasteiger partial charge in [-0.1, -0.05) is 17.2 Å². The molecule has 1 amide bonds. The summed E-state index contributed by atoms with van der Waals surface area (Å²) in [7, 11) is 0. The zero-order valence-corrected chi connectivity index (χ0v) is 10.3. The minimum Gasteiger partial charge on any atom is -0.356 e. The molecule has 0 spiro atoms. The van der Waals surface area contributed by atoms with Gasteiger partial charge in [-0.05, 0) is 24.4 Å². The Morgan fingerprint density at radius 3 is 2.89 bits per heavy atom. The van der Waals surface area contributed by atoms with Gasteiger partial charge in [-0.15, -0.1) is 0 Å². The zero-order valence-electron chi connectivity index (χ0n) is 10.3. The van der Waals surface area contributed by atoms with Gasteiger partial charge < -0.3 is 5.32 Å². The molecule has 1 N–H and O–H groups in total. The predicted molar refractivity (Wildman–Crippen MR) is 66.3 cm³/mol. The molecule has 1 aromatic rings. The van der Waals surface area contributed by atoms with Gasteiger partial charge in [-0.2, -0.15) is 0 Å². The number of hydrogen-bond acceptors (Lipinski definition) is 2. The summed E-state index contributed by atoms with van der Waals surface area (Å²) in [5.41, 5.74) is 8.08. The number of carbonyl (C=O) groups is 1. The Kier molecular flexibility index (Phi) is 6.32. The van der Waals surface area contributed by atoms with Crippen molar-refractivity contribution in [2.75, 3.05) is 13.1 Å². The third-order valence-electron chi connectivity index (χ3n) is 2.45. The van der Waals surface area contributed by atoms with Crippen molar-refractivity contribution in [3.8, 4) is 0 Å². The highest BCUT2D eigenvalue weighted by atomic mass is 19.2. The van der Waals surface area contributed by atoms with E-state index in [1.165, 1.54) is 12.1 Å². The Labute approximate surface area is 109 Å². The number of nitrogens with zero attached hydrogens (tertiary/aromatic N) is 3. The number of halogens is 2. The van der Waals surface area contributed by atoms with Crippen LogP contribution < -0.4 is 5.32 Å². The molecular weight excluding hydrogens is 254 g/mol. The van der Waals surface area contributed by atoms with Crippen LogP contribution in [0.5, 0.6) is 0 Å². The standard InChI is InChI=1S/C12H14F2N4O/c13-10-5-3-4-9(12(10)14)8-11(19)16-6-1-2-7-17-18-15/h3-5H,1-2,6-8H2,(H,16,19). The fourth-order valence-electron chi connectivity index (χ4n) is 1.50. The number of rotatable bonds is 7. The van der Waals surface area contributed by atoms with E-state index in [1.54, 1.807) is 0 Å². The highest BCUT2D eigenvalue weighted by molar-refractivity contribution is 5.78. The van der Waals surface area contributed by atoms with Crippen LogP contribution in [0.4, 0.5) is 8.78 Å². The Balaban J connectivity index is 2.31. The van der Waals surface area contributed by atoms with Crippen molar-refractivity contribution in [3.63, 3.8) is 0 Å². The summed E-state index contributed by atoms with van der Waals surface area (Å²) in [6, 6.07) is 3.74. The van der Waals surface area contributed by atoms with Gasteiger partial charge in [0.2, 0.25) is 5.91 Å². The van der Waals surface area contributed by atoms with E-state index >= 15 is 0 Å². The van der Waals surface area contributed by atoms with E-state index < -0.39 is 11.6 Å². The Morgan fingerprint density at radius 2 is 2.16 bits per heavy atom. The van der Waals surface area contributed by atoms with Gasteiger partial charge in [0.05, 0.1) is 6.42 Å². The summed E-state index contributed by atoms with van der Waals surface area (Å²) < 4.78 is 26.2. The summed E-state index contributed by atoms with van der Waals surface area (Å²) >= 11 is 0. The number of nitrogens with one attached hydrogen (secondary N) is 1. The van der Waals surface area contributed by atoms with Gasteiger partial charge in [0.15, 0.2) is 11.6 Å². The van der Waals surface area contributed by atoms with Crippen LogP contribution in [0.25, 0.3) is 10.4 Å². The monoisotopic (exact) mass is 268 g/mol. The first kappa shape index (κ1) is 14.9. The summed E-state index contributed by atoms with van der Waals surface area (Å²) in [5.74, 6) is -2.31. The van der Waals surface area contributed by atoms with Crippen molar-refractivity contribution < 1.29 is 13.6 Å². The van der Waals surface area contributed by atoms with Crippen molar-refractivity contribution in [1.29, 1.82) is 0 Å². The van der Waals surface area contributed by atoms with Gasteiger partial charge >= 0.3 is 0 Å². The molecule has 5 nitrogen and oxygen atoms in total. The topological polar surface area (TPSA) is 77.9 Å². The lowest BCUT2D eigenvalue weighted by Gasteiger charge is -2.06. The summed E-state index contributed by atoms with van der Waals surface area (Å²) in [5, 5.41) is 5.95. The molecule has 0 bridgehead atoms. The molecule has 0 aromatic heterocycles. The summed E-state index contributed by atoms with van der Waals surface area (Å²) in [4.78, 5) is 14.1. The van der Waals surface area contributed by atoms with Crippen molar-refractivity contribution in [1.82, 2.24) is 5.32 Å². The van der Waals surface area contributed by atoms with Crippen LogP contribution in [0.1, 0.15) is 18.4 Å². The molecule has 0 aliphatic carbocycles. The van der Waals surface area contributed by atoms with Gasteiger partial charge in [-0.25, -0.2) is 8.78 Å². The molecule has 0 saturated carbocycles. The number of unbranched alkanes of at least 4 members (excludes halogenated alkanes) is 1. The quantitative estimate of drug-likeness (QED) is 0.351. The van der Waals surface area contributed by atoms with E-state index in [0.29, 0.717) is 25.9 Å². The molecule has 19 heavy (non-hydrogen) atoms. The van der Waals surface area contributed by atoms with E-state index in [1.807, 2.05) is 0 Å². The highest BCUT2D eigenvalue weighted by Gasteiger charge is 2.10. The zero-order chi connectivity index (χ0) is 14.1. The van der Waals surface area contributed by atoms with Gasteiger partial charge in [-0.3, -0.25) is 4.79 Å². The van der Waals surface area contributed by atoms with Crippen LogP contribution in [0.15, 0.2) is 23.3 Å². The number of azide groups is 1. The van der Waals surface area contributed by atoms with Crippen LogP contribution in [-0.2, 0) is 11.2 Å². The highest BCUT2D eigenvalue weighted by Crippen LogP contribution is 2.11. The van der Waals surface area contributed by atoms with Crippen LogP contribution in [0.3, 0.4) is 0 Å². The molecule has 0 saturated heterocycles. The van der Waals surface area contributed by atoms with Crippen molar-refractivity contribution in [3.05, 3.63) is 45.8 Å². The second kappa shape index (κ2) is 8.05. The molecule has 0 fully saturated rings. The van der Waals surface area contributed by atoms with E-state index in [9.17, 15) is 13.6 Å². The maximum atomic E-state index is 13.3.